The molecular formula is C15H15BrFN. The zero-order chi connectivity index (χ0) is 13.3. The Bertz CT molecular complexity index is 581. The van der Waals surface area contributed by atoms with Crippen molar-refractivity contribution in [2.75, 3.05) is 0 Å². The minimum absolute atomic E-state index is 0.216. The number of rotatable bonds is 2. The van der Waals surface area contributed by atoms with Crippen LogP contribution in [-0.4, -0.2) is 0 Å². The molecule has 1 nitrogen and oxygen atoms in total. The summed E-state index contributed by atoms with van der Waals surface area (Å²) in [5, 5.41) is 0. The van der Waals surface area contributed by atoms with E-state index in [1.54, 1.807) is 13.0 Å². The molecule has 0 amide bonds. The molecule has 0 bridgehead atoms. The van der Waals surface area contributed by atoms with Gasteiger partial charge in [0, 0.05) is 4.47 Å². The Morgan fingerprint density at radius 2 is 1.83 bits per heavy atom. The maximum Gasteiger partial charge on any atom is 0.126 e. The van der Waals surface area contributed by atoms with Gasteiger partial charge in [-0.3, -0.25) is 0 Å². The van der Waals surface area contributed by atoms with Crippen LogP contribution in [0.1, 0.15) is 28.3 Å². The molecule has 2 aromatic rings. The minimum Gasteiger partial charge on any atom is -0.320 e. The monoisotopic (exact) mass is 307 g/mol. The van der Waals surface area contributed by atoms with E-state index in [-0.39, 0.29) is 11.9 Å². The molecule has 18 heavy (non-hydrogen) atoms. The van der Waals surface area contributed by atoms with Crippen LogP contribution in [0.25, 0.3) is 0 Å². The molecule has 1 atom stereocenters. The van der Waals surface area contributed by atoms with Crippen molar-refractivity contribution >= 4 is 15.9 Å². The standard InChI is InChI=1S/C15H15BrFN/c1-9-3-6-13(16)12(7-9)15(18)11-5-4-10(2)14(17)8-11/h3-8,15H,18H2,1-2H3. The third-order valence-electron chi connectivity index (χ3n) is 3.04. The van der Waals surface area contributed by atoms with Crippen molar-refractivity contribution in [1.29, 1.82) is 0 Å². The van der Waals surface area contributed by atoms with Crippen LogP contribution in [0.2, 0.25) is 0 Å². The van der Waals surface area contributed by atoms with Gasteiger partial charge >= 0.3 is 0 Å². The Morgan fingerprint density at radius 1 is 1.11 bits per heavy atom. The van der Waals surface area contributed by atoms with Gasteiger partial charge in [0.05, 0.1) is 6.04 Å². The van der Waals surface area contributed by atoms with Crippen LogP contribution in [0.4, 0.5) is 4.39 Å². The van der Waals surface area contributed by atoms with Crippen LogP contribution >= 0.6 is 15.9 Å². The zero-order valence-electron chi connectivity index (χ0n) is 10.4. The molecule has 0 saturated heterocycles. The molecule has 94 valence electrons. The first kappa shape index (κ1) is 13.2. The number of aryl methyl sites for hydroxylation is 2. The van der Waals surface area contributed by atoms with Crippen LogP contribution in [0.3, 0.4) is 0 Å². The molecule has 1 unspecified atom stereocenters. The predicted molar refractivity (Wildman–Crippen MR) is 76.0 cm³/mol. The highest BCUT2D eigenvalue weighted by atomic mass is 79.9. The molecular weight excluding hydrogens is 293 g/mol. The second-order valence-electron chi connectivity index (χ2n) is 4.51. The Morgan fingerprint density at radius 3 is 2.50 bits per heavy atom. The topological polar surface area (TPSA) is 26.0 Å². The first-order valence-electron chi connectivity index (χ1n) is 5.76. The number of nitrogens with two attached hydrogens (primary N) is 1. The van der Waals surface area contributed by atoms with Crippen molar-refractivity contribution in [2.45, 2.75) is 19.9 Å². The first-order valence-corrected chi connectivity index (χ1v) is 6.56. The predicted octanol–water partition coefficient (Wildman–Crippen LogP) is 4.25. The van der Waals surface area contributed by atoms with Crippen molar-refractivity contribution in [3.05, 3.63) is 68.9 Å². The zero-order valence-corrected chi connectivity index (χ0v) is 12.0. The highest BCUT2D eigenvalue weighted by Crippen LogP contribution is 2.28. The maximum absolute atomic E-state index is 13.6. The first-order chi connectivity index (χ1) is 8.49. The summed E-state index contributed by atoms with van der Waals surface area (Å²) in [7, 11) is 0. The summed E-state index contributed by atoms with van der Waals surface area (Å²) in [4.78, 5) is 0. The summed E-state index contributed by atoms with van der Waals surface area (Å²) in [5.74, 6) is -0.216. The van der Waals surface area contributed by atoms with Crippen molar-refractivity contribution in [3.8, 4) is 0 Å². The van der Waals surface area contributed by atoms with Gasteiger partial charge in [-0.05, 0) is 42.7 Å². The molecule has 0 fully saturated rings. The lowest BCUT2D eigenvalue weighted by Crippen LogP contribution is -2.13. The Labute approximate surface area is 115 Å². The van der Waals surface area contributed by atoms with Gasteiger partial charge in [-0.2, -0.15) is 0 Å². The van der Waals surface area contributed by atoms with Gasteiger partial charge in [-0.1, -0.05) is 45.8 Å². The van der Waals surface area contributed by atoms with E-state index in [0.29, 0.717) is 5.56 Å². The molecule has 0 aromatic heterocycles. The van der Waals surface area contributed by atoms with E-state index in [4.69, 9.17) is 5.73 Å². The van der Waals surface area contributed by atoms with E-state index in [1.165, 1.54) is 6.07 Å². The molecule has 0 spiro atoms. The smallest absolute Gasteiger partial charge is 0.126 e. The van der Waals surface area contributed by atoms with Crippen LogP contribution in [-0.2, 0) is 0 Å². The van der Waals surface area contributed by atoms with Crippen molar-refractivity contribution in [3.63, 3.8) is 0 Å². The molecule has 0 saturated carbocycles. The van der Waals surface area contributed by atoms with Crippen molar-refractivity contribution in [2.24, 2.45) is 5.73 Å². The maximum atomic E-state index is 13.6. The lowest BCUT2D eigenvalue weighted by molar-refractivity contribution is 0.614. The second-order valence-corrected chi connectivity index (χ2v) is 5.37. The van der Waals surface area contributed by atoms with E-state index in [2.05, 4.69) is 15.9 Å². The van der Waals surface area contributed by atoms with Crippen LogP contribution in [0, 0.1) is 19.7 Å². The molecule has 0 aliphatic rings. The van der Waals surface area contributed by atoms with E-state index in [1.807, 2.05) is 31.2 Å². The summed E-state index contributed by atoms with van der Waals surface area (Å²) >= 11 is 3.49. The quantitative estimate of drug-likeness (QED) is 0.881. The molecule has 3 heteroatoms. The van der Waals surface area contributed by atoms with Gasteiger partial charge in [0.2, 0.25) is 0 Å². The molecule has 0 aliphatic heterocycles. The summed E-state index contributed by atoms with van der Waals surface area (Å²) < 4.78 is 14.5. The average Bonchev–Trinajstić information content (AvgIpc) is 2.35. The lowest BCUT2D eigenvalue weighted by atomic mass is 9.97. The highest BCUT2D eigenvalue weighted by Gasteiger charge is 2.13. The highest BCUT2D eigenvalue weighted by molar-refractivity contribution is 9.10. The summed E-state index contributed by atoms with van der Waals surface area (Å²) in [5.41, 5.74) is 9.73. The largest absolute Gasteiger partial charge is 0.320 e. The fourth-order valence-corrected chi connectivity index (χ4v) is 2.38. The molecule has 2 N–H and O–H groups in total. The van der Waals surface area contributed by atoms with Gasteiger partial charge in [0.25, 0.3) is 0 Å². The van der Waals surface area contributed by atoms with Crippen LogP contribution in [0.15, 0.2) is 40.9 Å². The molecule has 0 heterocycles. The SMILES string of the molecule is Cc1ccc(Br)c(C(N)c2ccc(C)c(F)c2)c1. The number of benzene rings is 2. The summed E-state index contributed by atoms with van der Waals surface area (Å²) in [6.45, 7) is 3.76. The van der Waals surface area contributed by atoms with E-state index >= 15 is 0 Å². The fraction of sp³-hybridized carbons (Fsp3) is 0.200. The Balaban J connectivity index is 2.44. The third-order valence-corrected chi connectivity index (χ3v) is 3.76. The van der Waals surface area contributed by atoms with Gasteiger partial charge in [-0.25, -0.2) is 4.39 Å². The Hall–Kier alpha value is -1.19. The molecule has 2 rings (SSSR count). The van der Waals surface area contributed by atoms with Gasteiger partial charge in [-0.15, -0.1) is 0 Å². The van der Waals surface area contributed by atoms with Gasteiger partial charge in [0.1, 0.15) is 5.82 Å². The van der Waals surface area contributed by atoms with Crippen molar-refractivity contribution < 1.29 is 4.39 Å². The Kier molecular flexibility index (Phi) is 3.83. The lowest BCUT2D eigenvalue weighted by Gasteiger charge is -2.15. The number of halogens is 2. The van der Waals surface area contributed by atoms with E-state index in [9.17, 15) is 4.39 Å². The molecule has 2 aromatic carbocycles. The fourth-order valence-electron chi connectivity index (χ4n) is 1.88. The molecule has 0 radical (unpaired) electrons. The third kappa shape index (κ3) is 2.62. The summed E-state index contributed by atoms with van der Waals surface area (Å²) in [6.07, 6.45) is 0. The van der Waals surface area contributed by atoms with Crippen LogP contribution < -0.4 is 5.73 Å². The van der Waals surface area contributed by atoms with Gasteiger partial charge < -0.3 is 5.73 Å². The normalized spacial score (nSPS) is 12.5. The second kappa shape index (κ2) is 5.21. The van der Waals surface area contributed by atoms with E-state index < -0.39 is 0 Å². The number of hydrogen-bond donors (Lipinski definition) is 1. The average molecular weight is 308 g/mol. The summed E-state index contributed by atoms with van der Waals surface area (Å²) in [6, 6.07) is 10.8. The number of hydrogen-bond acceptors (Lipinski definition) is 1. The van der Waals surface area contributed by atoms with Gasteiger partial charge in [0.15, 0.2) is 0 Å². The van der Waals surface area contributed by atoms with Crippen molar-refractivity contribution in [1.82, 2.24) is 0 Å². The minimum atomic E-state index is -0.325. The van der Waals surface area contributed by atoms with Crippen LogP contribution in [0.5, 0.6) is 0 Å². The molecule has 0 aliphatic carbocycles. The van der Waals surface area contributed by atoms with E-state index in [0.717, 1.165) is 21.2 Å².